The lowest BCUT2D eigenvalue weighted by Crippen LogP contribution is -1.91. The molecule has 24 heavy (non-hydrogen) atoms. The van der Waals surface area contributed by atoms with Gasteiger partial charge in [0.2, 0.25) is 0 Å². The van der Waals surface area contributed by atoms with Gasteiger partial charge in [0.05, 0.1) is 0 Å². The van der Waals surface area contributed by atoms with Crippen molar-refractivity contribution in [2.45, 2.75) is 6.92 Å². The minimum absolute atomic E-state index is 1.08. The van der Waals surface area contributed by atoms with Crippen LogP contribution in [0, 0.1) is 0 Å². The highest BCUT2D eigenvalue weighted by atomic mass is 14.9. The molecule has 1 heteroatoms. The van der Waals surface area contributed by atoms with Crippen LogP contribution in [-0.2, 0) is 0 Å². The van der Waals surface area contributed by atoms with Gasteiger partial charge in [0, 0.05) is 11.4 Å². The van der Waals surface area contributed by atoms with Gasteiger partial charge < -0.3 is 5.32 Å². The fourth-order valence-corrected chi connectivity index (χ4v) is 2.79. The van der Waals surface area contributed by atoms with Crippen LogP contribution in [0.25, 0.3) is 23.3 Å². The molecule has 0 aromatic heterocycles. The summed E-state index contributed by atoms with van der Waals surface area (Å²) in [6.45, 7) is 5.96. The van der Waals surface area contributed by atoms with Crippen molar-refractivity contribution in [1.29, 1.82) is 0 Å². The minimum Gasteiger partial charge on any atom is -0.356 e. The molecule has 3 aromatic carbocycles. The SMILES string of the molecule is C=Cc1cccc(-c2ccc(Nc3ccccc3)cc2)c1/C=C\C. The molecule has 0 spiro atoms. The van der Waals surface area contributed by atoms with Crippen LogP contribution in [0.15, 0.2) is 85.5 Å². The molecule has 0 radical (unpaired) electrons. The second-order valence-electron chi connectivity index (χ2n) is 5.58. The molecule has 0 fully saturated rings. The molecule has 0 heterocycles. The molecule has 0 aliphatic heterocycles. The number of rotatable bonds is 5. The summed E-state index contributed by atoms with van der Waals surface area (Å²) in [6, 6.07) is 25.1. The first kappa shape index (κ1) is 15.8. The summed E-state index contributed by atoms with van der Waals surface area (Å²) >= 11 is 0. The van der Waals surface area contributed by atoms with E-state index in [0.717, 1.165) is 16.9 Å². The topological polar surface area (TPSA) is 12.0 Å². The number of para-hydroxylation sites is 1. The number of anilines is 2. The first-order chi connectivity index (χ1) is 11.8. The van der Waals surface area contributed by atoms with E-state index in [0.29, 0.717) is 0 Å². The van der Waals surface area contributed by atoms with Crippen molar-refractivity contribution >= 4 is 23.5 Å². The largest absolute Gasteiger partial charge is 0.356 e. The fourth-order valence-electron chi connectivity index (χ4n) is 2.79. The summed E-state index contributed by atoms with van der Waals surface area (Å²) in [5, 5.41) is 3.41. The highest BCUT2D eigenvalue weighted by molar-refractivity contribution is 5.81. The maximum atomic E-state index is 3.93. The van der Waals surface area contributed by atoms with E-state index in [1.807, 2.05) is 31.2 Å². The Kier molecular flexibility index (Phi) is 4.93. The van der Waals surface area contributed by atoms with Crippen LogP contribution in [0.3, 0.4) is 0 Å². The van der Waals surface area contributed by atoms with Gasteiger partial charge in [0.1, 0.15) is 0 Å². The van der Waals surface area contributed by atoms with Crippen molar-refractivity contribution in [3.05, 3.63) is 96.6 Å². The summed E-state index contributed by atoms with van der Waals surface area (Å²) < 4.78 is 0. The van der Waals surface area contributed by atoms with Gasteiger partial charge >= 0.3 is 0 Å². The molecule has 0 saturated heterocycles. The highest BCUT2D eigenvalue weighted by Gasteiger charge is 2.06. The Morgan fingerprint density at radius 3 is 2.17 bits per heavy atom. The summed E-state index contributed by atoms with van der Waals surface area (Å²) in [6.07, 6.45) is 6.11. The van der Waals surface area contributed by atoms with Gasteiger partial charge in [-0.1, -0.05) is 73.3 Å². The predicted molar refractivity (Wildman–Crippen MR) is 106 cm³/mol. The molecular formula is C23H21N. The Morgan fingerprint density at radius 1 is 0.792 bits per heavy atom. The molecule has 0 amide bonds. The van der Waals surface area contributed by atoms with Crippen LogP contribution in [0.4, 0.5) is 11.4 Å². The third kappa shape index (κ3) is 3.47. The highest BCUT2D eigenvalue weighted by Crippen LogP contribution is 2.29. The predicted octanol–water partition coefficient (Wildman–Crippen LogP) is 6.77. The second kappa shape index (κ2) is 7.47. The van der Waals surface area contributed by atoms with E-state index in [-0.39, 0.29) is 0 Å². The van der Waals surface area contributed by atoms with Crippen molar-refractivity contribution in [3.8, 4) is 11.1 Å². The summed E-state index contributed by atoms with van der Waals surface area (Å²) in [4.78, 5) is 0. The molecule has 3 aromatic rings. The average Bonchev–Trinajstić information content (AvgIpc) is 2.64. The standard InChI is InChI=1S/C23H21N/c1-3-9-22-18(4-2)10-8-13-23(22)19-14-16-21(17-15-19)24-20-11-6-5-7-12-20/h3-17,24H,2H2,1H3/b9-3-. The second-order valence-corrected chi connectivity index (χ2v) is 5.58. The fraction of sp³-hybridized carbons (Fsp3) is 0.0435. The average molecular weight is 311 g/mol. The van der Waals surface area contributed by atoms with Crippen LogP contribution in [0.2, 0.25) is 0 Å². The maximum Gasteiger partial charge on any atom is 0.0384 e. The van der Waals surface area contributed by atoms with E-state index >= 15 is 0 Å². The molecule has 0 aliphatic carbocycles. The number of hydrogen-bond donors (Lipinski definition) is 1. The normalized spacial score (nSPS) is 10.7. The monoisotopic (exact) mass is 311 g/mol. The third-order valence-corrected chi connectivity index (χ3v) is 3.95. The Morgan fingerprint density at radius 2 is 1.50 bits per heavy atom. The van der Waals surface area contributed by atoms with Crippen molar-refractivity contribution in [2.75, 3.05) is 5.32 Å². The van der Waals surface area contributed by atoms with E-state index in [4.69, 9.17) is 0 Å². The summed E-state index contributed by atoms with van der Waals surface area (Å²) in [5.41, 5.74) is 6.95. The number of nitrogens with one attached hydrogen (secondary N) is 1. The molecule has 0 bridgehead atoms. The van der Waals surface area contributed by atoms with Crippen LogP contribution in [-0.4, -0.2) is 0 Å². The minimum atomic E-state index is 1.08. The van der Waals surface area contributed by atoms with E-state index < -0.39 is 0 Å². The van der Waals surface area contributed by atoms with Gasteiger partial charge in [-0.2, -0.15) is 0 Å². The molecule has 1 nitrogen and oxygen atoms in total. The Bertz CT molecular complexity index is 843. The van der Waals surface area contributed by atoms with E-state index in [2.05, 4.69) is 78.6 Å². The zero-order chi connectivity index (χ0) is 16.8. The van der Waals surface area contributed by atoms with Gasteiger partial charge in [0.15, 0.2) is 0 Å². The molecule has 3 rings (SSSR count). The lowest BCUT2D eigenvalue weighted by Gasteiger charge is -2.11. The van der Waals surface area contributed by atoms with Crippen LogP contribution >= 0.6 is 0 Å². The lowest BCUT2D eigenvalue weighted by molar-refractivity contribution is 1.53. The first-order valence-corrected chi connectivity index (χ1v) is 8.12. The molecule has 0 aliphatic rings. The number of allylic oxidation sites excluding steroid dienone is 1. The van der Waals surface area contributed by atoms with Gasteiger partial charge in [-0.25, -0.2) is 0 Å². The molecule has 0 unspecified atom stereocenters. The Balaban J connectivity index is 1.92. The molecule has 118 valence electrons. The van der Waals surface area contributed by atoms with Crippen LogP contribution < -0.4 is 5.32 Å². The van der Waals surface area contributed by atoms with Gasteiger partial charge in [-0.05, 0) is 53.4 Å². The van der Waals surface area contributed by atoms with E-state index in [1.165, 1.54) is 16.7 Å². The van der Waals surface area contributed by atoms with Crippen molar-refractivity contribution in [2.24, 2.45) is 0 Å². The Hall–Kier alpha value is -3.06. The molecule has 0 atom stereocenters. The zero-order valence-corrected chi connectivity index (χ0v) is 13.9. The summed E-state index contributed by atoms with van der Waals surface area (Å²) in [7, 11) is 0. The molecule has 0 saturated carbocycles. The number of hydrogen-bond acceptors (Lipinski definition) is 1. The van der Waals surface area contributed by atoms with Crippen LogP contribution in [0.5, 0.6) is 0 Å². The Labute approximate surface area is 144 Å². The molecular weight excluding hydrogens is 290 g/mol. The third-order valence-electron chi connectivity index (χ3n) is 3.95. The van der Waals surface area contributed by atoms with Crippen LogP contribution in [0.1, 0.15) is 18.1 Å². The molecule has 1 N–H and O–H groups in total. The van der Waals surface area contributed by atoms with Crippen molar-refractivity contribution in [1.82, 2.24) is 0 Å². The lowest BCUT2D eigenvalue weighted by atomic mass is 9.95. The van der Waals surface area contributed by atoms with E-state index in [1.54, 1.807) is 0 Å². The van der Waals surface area contributed by atoms with Gasteiger partial charge in [-0.3, -0.25) is 0 Å². The van der Waals surface area contributed by atoms with Gasteiger partial charge in [0.25, 0.3) is 0 Å². The van der Waals surface area contributed by atoms with E-state index in [9.17, 15) is 0 Å². The quantitative estimate of drug-likeness (QED) is 0.548. The van der Waals surface area contributed by atoms with Crippen molar-refractivity contribution in [3.63, 3.8) is 0 Å². The summed E-state index contributed by atoms with van der Waals surface area (Å²) in [5.74, 6) is 0. The van der Waals surface area contributed by atoms with Gasteiger partial charge in [-0.15, -0.1) is 0 Å². The first-order valence-electron chi connectivity index (χ1n) is 8.12. The number of benzene rings is 3. The zero-order valence-electron chi connectivity index (χ0n) is 13.9. The maximum absolute atomic E-state index is 3.93. The van der Waals surface area contributed by atoms with Crippen molar-refractivity contribution < 1.29 is 0 Å². The smallest absolute Gasteiger partial charge is 0.0384 e.